The Morgan fingerprint density at radius 2 is 1.95 bits per heavy atom. The Kier molecular flexibility index (Phi) is 6.68. The lowest BCUT2D eigenvalue weighted by Gasteiger charge is -2.13. The van der Waals surface area contributed by atoms with E-state index in [-0.39, 0.29) is 17.9 Å². The third-order valence-corrected chi connectivity index (χ3v) is 2.87. The molecule has 6 heteroatoms. The van der Waals surface area contributed by atoms with Gasteiger partial charge >= 0.3 is 6.03 Å². The molecule has 3 N–H and O–H groups in total. The predicted octanol–water partition coefficient (Wildman–Crippen LogP) is 2.36. The molecule has 0 aliphatic carbocycles. The largest absolute Gasteiger partial charge is 0.383 e. The first-order valence-electron chi connectivity index (χ1n) is 6.89. The number of urea groups is 1. The molecule has 0 atom stereocenters. The van der Waals surface area contributed by atoms with Crippen molar-refractivity contribution in [1.82, 2.24) is 5.32 Å². The van der Waals surface area contributed by atoms with Crippen LogP contribution in [0.1, 0.15) is 19.4 Å². The minimum Gasteiger partial charge on any atom is -0.383 e. The highest BCUT2D eigenvalue weighted by molar-refractivity contribution is 5.94. The number of ether oxygens (including phenoxy) is 1. The van der Waals surface area contributed by atoms with Crippen LogP contribution in [0, 0.1) is 12.8 Å². The van der Waals surface area contributed by atoms with Crippen molar-refractivity contribution in [3.8, 4) is 0 Å². The summed E-state index contributed by atoms with van der Waals surface area (Å²) in [6, 6.07) is 5.10. The summed E-state index contributed by atoms with van der Waals surface area (Å²) in [6.45, 7) is 6.43. The summed E-state index contributed by atoms with van der Waals surface area (Å²) in [4.78, 5) is 23.4. The highest BCUT2D eigenvalue weighted by Crippen LogP contribution is 2.20. The van der Waals surface area contributed by atoms with E-state index in [9.17, 15) is 9.59 Å². The number of nitrogens with one attached hydrogen (secondary N) is 3. The number of carbonyl (C=O) groups is 2. The fourth-order valence-corrected chi connectivity index (χ4v) is 1.55. The van der Waals surface area contributed by atoms with Gasteiger partial charge in [-0.15, -0.1) is 0 Å². The molecule has 1 aromatic rings. The van der Waals surface area contributed by atoms with E-state index in [1.54, 1.807) is 13.2 Å². The second kappa shape index (κ2) is 8.26. The summed E-state index contributed by atoms with van der Waals surface area (Å²) in [7, 11) is 1.57. The Labute approximate surface area is 125 Å². The normalized spacial score (nSPS) is 10.3. The lowest BCUT2D eigenvalue weighted by molar-refractivity contribution is -0.118. The van der Waals surface area contributed by atoms with Crippen molar-refractivity contribution in [2.24, 2.45) is 5.92 Å². The van der Waals surface area contributed by atoms with Gasteiger partial charge in [-0.25, -0.2) is 4.79 Å². The van der Waals surface area contributed by atoms with Crippen LogP contribution in [0.3, 0.4) is 0 Å². The average Bonchev–Trinajstić information content (AvgIpc) is 2.42. The van der Waals surface area contributed by atoms with Gasteiger partial charge in [-0.1, -0.05) is 19.9 Å². The minimum atomic E-state index is -0.303. The Bertz CT molecular complexity index is 501. The summed E-state index contributed by atoms with van der Waals surface area (Å²) in [5.74, 6) is -0.158. The van der Waals surface area contributed by atoms with Crippen molar-refractivity contribution in [2.75, 3.05) is 30.9 Å². The molecule has 6 nitrogen and oxygen atoms in total. The second-order valence-electron chi connectivity index (χ2n) is 5.05. The van der Waals surface area contributed by atoms with Crippen LogP contribution >= 0.6 is 0 Å². The van der Waals surface area contributed by atoms with E-state index in [4.69, 9.17) is 4.74 Å². The molecule has 0 fully saturated rings. The Hall–Kier alpha value is -2.08. The molecule has 3 amide bonds. The highest BCUT2D eigenvalue weighted by Gasteiger charge is 2.09. The summed E-state index contributed by atoms with van der Waals surface area (Å²) < 4.78 is 4.86. The van der Waals surface area contributed by atoms with Crippen LogP contribution in [0.2, 0.25) is 0 Å². The van der Waals surface area contributed by atoms with Gasteiger partial charge in [0.25, 0.3) is 0 Å². The zero-order valence-electron chi connectivity index (χ0n) is 12.9. The topological polar surface area (TPSA) is 79.5 Å². The maximum absolute atomic E-state index is 11.7. The number of aryl methyl sites for hydroxylation is 1. The van der Waals surface area contributed by atoms with Crippen LogP contribution in [0.5, 0.6) is 0 Å². The molecule has 0 aliphatic heterocycles. The molecule has 0 unspecified atom stereocenters. The zero-order chi connectivity index (χ0) is 15.8. The number of anilines is 2. The SMILES string of the molecule is COCCNC(=O)Nc1cc(NC(=O)C(C)C)ccc1C. The average molecular weight is 293 g/mol. The molecule has 0 bridgehead atoms. The van der Waals surface area contributed by atoms with Gasteiger partial charge < -0.3 is 20.7 Å². The predicted molar refractivity (Wildman–Crippen MR) is 83.5 cm³/mol. The molecule has 21 heavy (non-hydrogen) atoms. The van der Waals surface area contributed by atoms with Gasteiger partial charge in [-0.05, 0) is 24.6 Å². The minimum absolute atomic E-state index is 0.0608. The first kappa shape index (κ1) is 17.0. The van der Waals surface area contributed by atoms with Crippen LogP contribution in [-0.2, 0) is 9.53 Å². The van der Waals surface area contributed by atoms with E-state index in [0.717, 1.165) is 5.56 Å². The molecule has 0 saturated carbocycles. The van der Waals surface area contributed by atoms with Gasteiger partial charge in [0.15, 0.2) is 0 Å². The summed E-state index contributed by atoms with van der Waals surface area (Å²) in [6.07, 6.45) is 0. The fraction of sp³-hybridized carbons (Fsp3) is 0.467. The third kappa shape index (κ3) is 5.83. The molecule has 116 valence electrons. The van der Waals surface area contributed by atoms with Gasteiger partial charge in [0.05, 0.1) is 6.61 Å². The number of hydrogen-bond acceptors (Lipinski definition) is 3. The van der Waals surface area contributed by atoms with Crippen molar-refractivity contribution in [3.63, 3.8) is 0 Å². The number of hydrogen-bond donors (Lipinski definition) is 3. The molecule has 0 aromatic heterocycles. The second-order valence-corrected chi connectivity index (χ2v) is 5.05. The van der Waals surface area contributed by atoms with Crippen molar-refractivity contribution in [2.45, 2.75) is 20.8 Å². The van der Waals surface area contributed by atoms with Gasteiger partial charge in [0.1, 0.15) is 0 Å². The van der Waals surface area contributed by atoms with Gasteiger partial charge in [0.2, 0.25) is 5.91 Å². The molecular weight excluding hydrogens is 270 g/mol. The van der Waals surface area contributed by atoms with Crippen molar-refractivity contribution in [3.05, 3.63) is 23.8 Å². The number of benzene rings is 1. The van der Waals surface area contributed by atoms with E-state index in [0.29, 0.717) is 24.5 Å². The van der Waals surface area contributed by atoms with Crippen LogP contribution in [0.4, 0.5) is 16.2 Å². The summed E-state index contributed by atoms with van der Waals surface area (Å²) in [5, 5.41) is 8.23. The fourth-order valence-electron chi connectivity index (χ4n) is 1.55. The van der Waals surface area contributed by atoms with E-state index < -0.39 is 0 Å². The maximum atomic E-state index is 11.7. The van der Waals surface area contributed by atoms with Gasteiger partial charge in [-0.3, -0.25) is 4.79 Å². The Morgan fingerprint density at radius 1 is 1.24 bits per heavy atom. The molecule has 1 rings (SSSR count). The van der Waals surface area contributed by atoms with E-state index in [2.05, 4.69) is 16.0 Å². The summed E-state index contributed by atoms with van der Waals surface area (Å²) in [5.41, 5.74) is 2.23. The Balaban J connectivity index is 2.69. The molecule has 0 radical (unpaired) electrons. The number of carbonyl (C=O) groups excluding carboxylic acids is 2. The lowest BCUT2D eigenvalue weighted by Crippen LogP contribution is -2.31. The molecule has 1 aromatic carbocycles. The number of rotatable bonds is 6. The molecule has 0 heterocycles. The van der Waals surface area contributed by atoms with Crippen molar-refractivity contribution in [1.29, 1.82) is 0 Å². The first-order valence-corrected chi connectivity index (χ1v) is 6.89. The first-order chi connectivity index (χ1) is 9.93. The molecule has 0 aliphatic rings. The van der Waals surface area contributed by atoms with Gasteiger partial charge in [0, 0.05) is 30.9 Å². The quantitative estimate of drug-likeness (QED) is 0.704. The standard InChI is InChI=1S/C15H23N3O3/c1-10(2)14(19)17-12-6-5-11(3)13(9-12)18-15(20)16-7-8-21-4/h5-6,9-10H,7-8H2,1-4H3,(H,17,19)(H2,16,18,20). The monoisotopic (exact) mass is 293 g/mol. The van der Waals surface area contributed by atoms with Crippen LogP contribution in [-0.4, -0.2) is 32.2 Å². The number of amides is 3. The van der Waals surface area contributed by atoms with Crippen LogP contribution in [0.25, 0.3) is 0 Å². The maximum Gasteiger partial charge on any atom is 0.319 e. The van der Waals surface area contributed by atoms with Crippen molar-refractivity contribution >= 4 is 23.3 Å². The Morgan fingerprint density at radius 3 is 2.57 bits per heavy atom. The summed E-state index contributed by atoms with van der Waals surface area (Å²) >= 11 is 0. The molecule has 0 saturated heterocycles. The number of methoxy groups -OCH3 is 1. The van der Waals surface area contributed by atoms with E-state index >= 15 is 0 Å². The van der Waals surface area contributed by atoms with Crippen molar-refractivity contribution < 1.29 is 14.3 Å². The van der Waals surface area contributed by atoms with Crippen LogP contribution in [0.15, 0.2) is 18.2 Å². The smallest absolute Gasteiger partial charge is 0.319 e. The highest BCUT2D eigenvalue weighted by atomic mass is 16.5. The van der Waals surface area contributed by atoms with E-state index in [1.165, 1.54) is 0 Å². The third-order valence-electron chi connectivity index (χ3n) is 2.87. The van der Waals surface area contributed by atoms with Crippen LogP contribution < -0.4 is 16.0 Å². The van der Waals surface area contributed by atoms with E-state index in [1.807, 2.05) is 32.9 Å². The molecular formula is C15H23N3O3. The zero-order valence-corrected chi connectivity index (χ0v) is 12.9. The molecule has 0 spiro atoms. The lowest BCUT2D eigenvalue weighted by atomic mass is 10.1. The van der Waals surface area contributed by atoms with Gasteiger partial charge in [-0.2, -0.15) is 0 Å².